The number of carbonyl (C=O) groups is 3. The van der Waals surface area contributed by atoms with E-state index in [1.54, 1.807) is 35.7 Å². The van der Waals surface area contributed by atoms with Crippen molar-refractivity contribution in [1.29, 1.82) is 0 Å². The summed E-state index contributed by atoms with van der Waals surface area (Å²) in [5.74, 6) is -1.89. The first-order valence-corrected chi connectivity index (χ1v) is 15.1. The fraction of sp³-hybridized carbons (Fsp3) is 0.741. The first kappa shape index (κ1) is 27.7. The van der Waals surface area contributed by atoms with Crippen LogP contribution in [0, 0.1) is 11.8 Å². The molecule has 4 rings (SSSR count). The highest BCUT2D eigenvalue weighted by Gasteiger charge is 2.76. The van der Waals surface area contributed by atoms with Crippen LogP contribution < -0.4 is 0 Å². The second kappa shape index (κ2) is 11.6. The van der Waals surface area contributed by atoms with Gasteiger partial charge in [-0.3, -0.25) is 14.4 Å². The molecule has 1 N–H and O–H groups in total. The number of allylic oxidation sites excluding steroid dienone is 1. The molecule has 3 heterocycles. The quantitative estimate of drug-likeness (QED) is 0.173. The fourth-order valence-corrected chi connectivity index (χ4v) is 10.4. The molecule has 9 heteroatoms. The van der Waals surface area contributed by atoms with Crippen molar-refractivity contribution in [3.63, 3.8) is 0 Å². The maximum atomic E-state index is 14.4. The van der Waals surface area contributed by atoms with Crippen molar-refractivity contribution in [2.75, 3.05) is 19.8 Å². The third-order valence-electron chi connectivity index (χ3n) is 8.39. The lowest BCUT2D eigenvalue weighted by Gasteiger charge is -2.42. The van der Waals surface area contributed by atoms with Gasteiger partial charge in [0.25, 0.3) is 0 Å². The van der Waals surface area contributed by atoms with Gasteiger partial charge in [-0.1, -0.05) is 47.3 Å². The molecule has 1 spiro atoms. The summed E-state index contributed by atoms with van der Waals surface area (Å²) in [6.45, 7) is 9.85. The molecule has 3 saturated heterocycles. The third-order valence-corrected chi connectivity index (χ3v) is 11.6. The predicted molar refractivity (Wildman–Crippen MR) is 145 cm³/mol. The molecule has 200 valence electrons. The molecule has 0 radical (unpaired) electrons. The van der Waals surface area contributed by atoms with E-state index in [0.717, 1.165) is 32.1 Å². The van der Waals surface area contributed by atoms with Crippen LogP contribution in [0.1, 0.15) is 58.3 Å². The Kier molecular flexibility index (Phi) is 8.93. The van der Waals surface area contributed by atoms with E-state index in [-0.39, 0.29) is 47.1 Å². The zero-order chi connectivity index (χ0) is 26.0. The van der Waals surface area contributed by atoms with Gasteiger partial charge in [-0.15, -0.1) is 24.9 Å². The second-order valence-electron chi connectivity index (χ2n) is 10.6. The van der Waals surface area contributed by atoms with Crippen molar-refractivity contribution >= 4 is 45.5 Å². The summed E-state index contributed by atoms with van der Waals surface area (Å²) in [7, 11) is 0. The van der Waals surface area contributed by atoms with Gasteiger partial charge < -0.3 is 19.6 Å². The number of nitrogens with zero attached hydrogens (tertiary/aromatic N) is 2. The van der Waals surface area contributed by atoms with Gasteiger partial charge >= 0.3 is 5.97 Å². The van der Waals surface area contributed by atoms with Gasteiger partial charge in [-0.2, -0.15) is 0 Å². The Morgan fingerprint density at radius 2 is 2.03 bits per heavy atom. The minimum atomic E-state index is -0.729. The lowest BCUT2D eigenvalue weighted by molar-refractivity contribution is -0.154. The highest BCUT2D eigenvalue weighted by atomic mass is 79.9. The van der Waals surface area contributed by atoms with Gasteiger partial charge in [0.15, 0.2) is 0 Å². The van der Waals surface area contributed by atoms with Crippen LogP contribution in [0.5, 0.6) is 0 Å². The molecule has 0 aromatic heterocycles. The lowest BCUT2D eigenvalue weighted by atomic mass is 9.71. The molecule has 0 aromatic carbocycles. The summed E-state index contributed by atoms with van der Waals surface area (Å²) in [5, 5.41) is 9.95. The standard InChI is InChI=1S/C27H39BrN2O5S/c1-4-6-10-14-35-26(34)20-21-24(32)30(17(3)16-31)23(27(21)15-19(28)22(20)36-27)25(33)29(13-5-2)18-11-8-7-9-12-18/h4-5,17-23,31H,1-2,6-16H2,3H3/t17-,19?,20+,21+,22+,23?,27?/m1/s1. The summed E-state index contributed by atoms with van der Waals surface area (Å²) >= 11 is 5.39. The fourth-order valence-electron chi connectivity index (χ4n) is 6.78. The Morgan fingerprint density at radius 3 is 2.67 bits per heavy atom. The van der Waals surface area contributed by atoms with Crippen molar-refractivity contribution in [3.8, 4) is 0 Å². The maximum absolute atomic E-state index is 14.4. The average molecular weight is 584 g/mol. The molecule has 1 aliphatic carbocycles. The van der Waals surface area contributed by atoms with Crippen LogP contribution in [0.2, 0.25) is 0 Å². The first-order chi connectivity index (χ1) is 17.3. The van der Waals surface area contributed by atoms with Gasteiger partial charge in [-0.05, 0) is 39.0 Å². The summed E-state index contributed by atoms with van der Waals surface area (Å²) in [5.41, 5.74) is 0. The van der Waals surface area contributed by atoms with Crippen LogP contribution in [-0.2, 0) is 19.1 Å². The second-order valence-corrected chi connectivity index (χ2v) is 13.3. The number of alkyl halides is 1. The number of esters is 1. The highest BCUT2D eigenvalue weighted by Crippen LogP contribution is 2.68. The van der Waals surface area contributed by atoms with Crippen molar-refractivity contribution in [2.45, 2.75) is 91.2 Å². The van der Waals surface area contributed by atoms with Crippen molar-refractivity contribution in [1.82, 2.24) is 9.80 Å². The molecule has 0 aromatic rings. The van der Waals surface area contributed by atoms with E-state index in [1.165, 1.54) is 6.42 Å². The van der Waals surface area contributed by atoms with E-state index in [2.05, 4.69) is 29.1 Å². The maximum Gasteiger partial charge on any atom is 0.310 e. The summed E-state index contributed by atoms with van der Waals surface area (Å²) < 4.78 is 4.90. The number of likely N-dealkylation sites (tertiary alicyclic amines) is 1. The van der Waals surface area contributed by atoms with Gasteiger partial charge in [-0.25, -0.2) is 0 Å². The van der Waals surface area contributed by atoms with E-state index < -0.39 is 28.7 Å². The van der Waals surface area contributed by atoms with Crippen LogP contribution in [0.3, 0.4) is 0 Å². The molecule has 3 unspecified atom stereocenters. The number of aliphatic hydroxyl groups is 1. The van der Waals surface area contributed by atoms with E-state index in [0.29, 0.717) is 19.4 Å². The Hall–Kier alpha value is -1.32. The molecule has 4 aliphatic rings. The number of amides is 2. The van der Waals surface area contributed by atoms with Crippen LogP contribution in [0.25, 0.3) is 0 Å². The number of hydrogen-bond acceptors (Lipinski definition) is 6. The molecule has 36 heavy (non-hydrogen) atoms. The molecular formula is C27H39BrN2O5S. The minimum Gasteiger partial charge on any atom is -0.465 e. The van der Waals surface area contributed by atoms with Gasteiger partial charge in [0.2, 0.25) is 11.8 Å². The molecule has 3 aliphatic heterocycles. The summed E-state index contributed by atoms with van der Waals surface area (Å²) in [6, 6.07) is -1.14. The number of thioether (sulfide) groups is 1. The molecule has 1 saturated carbocycles. The number of rotatable bonds is 11. The number of halogens is 1. The Morgan fingerprint density at radius 1 is 1.31 bits per heavy atom. The SMILES string of the molecule is C=CCCCOC(=O)[C@H]1[C@H]2C(=O)N([C@H](C)CO)C(C(=O)N(CC=C)C3CCCCC3)C23CC(Br)[C@@H]1S3. The minimum absolute atomic E-state index is 0.000470. The average Bonchev–Trinajstić information content (AvgIpc) is 3.48. The van der Waals surface area contributed by atoms with Gasteiger partial charge in [0, 0.05) is 22.7 Å². The smallest absolute Gasteiger partial charge is 0.310 e. The van der Waals surface area contributed by atoms with E-state index >= 15 is 0 Å². The van der Waals surface area contributed by atoms with E-state index in [4.69, 9.17) is 4.74 Å². The molecular weight excluding hydrogens is 544 g/mol. The third kappa shape index (κ3) is 4.68. The van der Waals surface area contributed by atoms with Crippen LogP contribution in [-0.4, -0.2) is 85.4 Å². The van der Waals surface area contributed by atoms with Crippen LogP contribution >= 0.6 is 27.7 Å². The molecule has 4 fully saturated rings. The largest absolute Gasteiger partial charge is 0.465 e. The lowest BCUT2D eigenvalue weighted by Crippen LogP contribution is -2.59. The number of aliphatic hydroxyl groups excluding tert-OH is 1. The number of unbranched alkanes of at least 4 members (excludes halogenated alkanes) is 1. The van der Waals surface area contributed by atoms with Gasteiger partial charge in [0.05, 0.1) is 35.8 Å². The summed E-state index contributed by atoms with van der Waals surface area (Å²) in [4.78, 5) is 45.3. The van der Waals surface area contributed by atoms with Crippen molar-refractivity contribution in [3.05, 3.63) is 25.3 Å². The zero-order valence-corrected chi connectivity index (χ0v) is 23.6. The number of fused-ring (bicyclic) bond motifs is 1. The van der Waals surface area contributed by atoms with E-state index in [9.17, 15) is 19.5 Å². The molecule has 2 amide bonds. The molecule has 7 atom stereocenters. The molecule has 7 nitrogen and oxygen atoms in total. The summed E-state index contributed by atoms with van der Waals surface area (Å²) in [6.07, 6.45) is 10.8. The highest BCUT2D eigenvalue weighted by molar-refractivity contribution is 9.09. The zero-order valence-electron chi connectivity index (χ0n) is 21.1. The topological polar surface area (TPSA) is 87.1 Å². The Bertz CT molecular complexity index is 880. The number of carbonyl (C=O) groups excluding carboxylic acids is 3. The van der Waals surface area contributed by atoms with Gasteiger partial charge in [0.1, 0.15) is 6.04 Å². The Balaban J connectivity index is 1.69. The normalized spacial score (nSPS) is 34.4. The number of ether oxygens (including phenoxy) is 1. The first-order valence-electron chi connectivity index (χ1n) is 13.3. The molecule has 2 bridgehead atoms. The monoisotopic (exact) mass is 582 g/mol. The van der Waals surface area contributed by atoms with Crippen molar-refractivity contribution in [2.24, 2.45) is 11.8 Å². The van der Waals surface area contributed by atoms with Crippen molar-refractivity contribution < 1.29 is 24.2 Å². The Labute approximate surface area is 227 Å². The predicted octanol–water partition coefficient (Wildman–Crippen LogP) is 3.69. The number of hydrogen-bond donors (Lipinski definition) is 1. The van der Waals surface area contributed by atoms with E-state index in [1.807, 2.05) is 4.90 Å². The van der Waals surface area contributed by atoms with Crippen LogP contribution in [0.4, 0.5) is 0 Å². The van der Waals surface area contributed by atoms with Crippen LogP contribution in [0.15, 0.2) is 25.3 Å².